The monoisotopic (exact) mass is 596 g/mol. The molecule has 3 aromatic heterocycles. The Morgan fingerprint density at radius 2 is 2.18 bits per heavy atom. The van der Waals surface area contributed by atoms with Gasteiger partial charge < -0.3 is 21.0 Å². The standard InChI is InChI=1S/C22H19Cl2N7O5S2/c23-4-8-36-28-14(13-17(24)38-22(25)27-13)18(32)26-15-19(33)31-16(21(34)35)11(10-37-20(15)31)9-30-7-6-29-5-2-1-3-12(29)30/h1-3,5-7,15,20H,4,8-10H2,(H3-,25,26,27,32,34,35)/p+1/b28-14-/t15-,20-/m1/s1. The first-order valence-corrected chi connectivity index (χ1v) is 13.9. The van der Waals surface area contributed by atoms with Crippen LogP contribution in [-0.2, 0) is 25.8 Å². The van der Waals surface area contributed by atoms with Gasteiger partial charge in [0.2, 0.25) is 0 Å². The van der Waals surface area contributed by atoms with Crippen LogP contribution in [0.2, 0.25) is 4.34 Å². The van der Waals surface area contributed by atoms with Crippen molar-refractivity contribution in [1.29, 1.82) is 0 Å². The lowest BCUT2D eigenvalue weighted by Crippen LogP contribution is -2.71. The third kappa shape index (κ3) is 4.79. The highest BCUT2D eigenvalue weighted by atomic mass is 35.5. The number of hydrogen-bond donors (Lipinski definition) is 3. The Labute approximate surface area is 233 Å². The minimum absolute atomic E-state index is 0.00592. The van der Waals surface area contributed by atoms with Gasteiger partial charge in [-0.25, -0.2) is 18.7 Å². The molecule has 2 atom stereocenters. The number of alkyl halides is 1. The van der Waals surface area contributed by atoms with Gasteiger partial charge in [0.1, 0.15) is 52.7 Å². The number of thiazole rings is 1. The van der Waals surface area contributed by atoms with Crippen molar-refractivity contribution in [3.8, 4) is 0 Å². The largest absolute Gasteiger partial charge is 0.477 e. The first-order valence-electron chi connectivity index (χ1n) is 11.1. The van der Waals surface area contributed by atoms with E-state index in [4.69, 9.17) is 33.8 Å². The number of fused-ring (bicyclic) bond motifs is 2. The second kappa shape index (κ2) is 10.8. The number of nitrogens with one attached hydrogen (secondary N) is 1. The predicted molar refractivity (Wildman–Crippen MR) is 142 cm³/mol. The summed E-state index contributed by atoms with van der Waals surface area (Å²) in [5.41, 5.74) is 6.81. The molecule has 2 aliphatic rings. The smallest absolute Gasteiger partial charge is 0.352 e. The molecule has 0 bridgehead atoms. The van der Waals surface area contributed by atoms with Crippen molar-refractivity contribution < 1.29 is 28.9 Å². The van der Waals surface area contributed by atoms with Gasteiger partial charge in [0, 0.05) is 17.4 Å². The predicted octanol–water partition coefficient (Wildman–Crippen LogP) is 1.32. The molecule has 3 aromatic rings. The summed E-state index contributed by atoms with van der Waals surface area (Å²) in [6, 6.07) is 4.71. The van der Waals surface area contributed by atoms with Crippen LogP contribution in [0.3, 0.4) is 0 Å². The molecule has 2 amide bonds. The van der Waals surface area contributed by atoms with Crippen molar-refractivity contribution in [2.75, 3.05) is 24.0 Å². The minimum Gasteiger partial charge on any atom is -0.477 e. The van der Waals surface area contributed by atoms with E-state index < -0.39 is 29.2 Å². The Kier molecular flexibility index (Phi) is 7.47. The number of nitrogens with two attached hydrogens (primary N) is 1. The van der Waals surface area contributed by atoms with Crippen LogP contribution in [0.4, 0.5) is 5.13 Å². The average molecular weight is 597 g/mol. The Bertz CT molecular complexity index is 1500. The number of oxime groups is 1. The number of carboxylic acid groups (broad SMARTS) is 1. The highest BCUT2D eigenvalue weighted by molar-refractivity contribution is 8.00. The van der Waals surface area contributed by atoms with Crippen molar-refractivity contribution in [2.45, 2.75) is 18.0 Å². The lowest BCUT2D eigenvalue weighted by atomic mass is 10.0. The normalized spacial score (nSPS) is 19.4. The maximum Gasteiger partial charge on any atom is 0.352 e. The number of imidazole rings is 1. The number of nitrogens with zero attached hydrogens (tertiary/aromatic N) is 5. The number of amides is 2. The summed E-state index contributed by atoms with van der Waals surface area (Å²) in [5, 5.41) is 15.9. The molecular weight excluding hydrogens is 577 g/mol. The van der Waals surface area contributed by atoms with Gasteiger partial charge in [0.25, 0.3) is 17.5 Å². The van der Waals surface area contributed by atoms with Gasteiger partial charge in [-0.2, -0.15) is 0 Å². The molecule has 4 N–H and O–H groups in total. The number of rotatable bonds is 9. The van der Waals surface area contributed by atoms with Crippen molar-refractivity contribution in [1.82, 2.24) is 19.6 Å². The maximum atomic E-state index is 13.1. The quantitative estimate of drug-likeness (QED) is 0.0833. The number of anilines is 1. The first-order chi connectivity index (χ1) is 18.3. The second-order valence-electron chi connectivity index (χ2n) is 8.15. The van der Waals surface area contributed by atoms with E-state index in [2.05, 4.69) is 15.5 Å². The fraction of sp³-hybridized carbons (Fsp3) is 0.273. The van der Waals surface area contributed by atoms with E-state index in [0.29, 0.717) is 17.9 Å². The number of halogens is 2. The lowest BCUT2D eigenvalue weighted by molar-refractivity contribution is -0.662. The third-order valence-electron chi connectivity index (χ3n) is 5.83. The van der Waals surface area contributed by atoms with Gasteiger partial charge in [-0.3, -0.25) is 14.5 Å². The number of pyridine rings is 1. The maximum absolute atomic E-state index is 13.1. The second-order valence-corrected chi connectivity index (χ2v) is 11.3. The number of thioether (sulfide) groups is 1. The Morgan fingerprint density at radius 3 is 2.89 bits per heavy atom. The molecule has 5 heterocycles. The summed E-state index contributed by atoms with van der Waals surface area (Å²) in [5.74, 6) is -2.05. The molecule has 0 aromatic carbocycles. The van der Waals surface area contributed by atoms with Crippen LogP contribution in [0.1, 0.15) is 5.69 Å². The fourth-order valence-electron chi connectivity index (χ4n) is 4.20. The molecule has 38 heavy (non-hydrogen) atoms. The molecule has 198 valence electrons. The lowest BCUT2D eigenvalue weighted by Gasteiger charge is -2.49. The molecule has 16 heteroatoms. The average Bonchev–Trinajstić information content (AvgIpc) is 3.46. The summed E-state index contributed by atoms with van der Waals surface area (Å²) < 4.78 is 3.95. The molecule has 0 radical (unpaired) electrons. The number of carboxylic acids is 1. The zero-order valence-corrected chi connectivity index (χ0v) is 22.6. The van der Waals surface area contributed by atoms with Crippen LogP contribution in [0.5, 0.6) is 0 Å². The van der Waals surface area contributed by atoms with Crippen LogP contribution in [0.25, 0.3) is 5.65 Å². The van der Waals surface area contributed by atoms with E-state index >= 15 is 0 Å². The highest BCUT2D eigenvalue weighted by Gasteiger charge is 2.54. The van der Waals surface area contributed by atoms with Gasteiger partial charge >= 0.3 is 5.97 Å². The van der Waals surface area contributed by atoms with Crippen molar-refractivity contribution in [3.05, 3.63) is 58.1 Å². The summed E-state index contributed by atoms with van der Waals surface area (Å²) >= 11 is 14.1. The number of carbonyl (C=O) groups is 3. The van der Waals surface area contributed by atoms with Crippen LogP contribution in [0, 0.1) is 0 Å². The van der Waals surface area contributed by atoms with E-state index in [1.807, 2.05) is 45.8 Å². The fourth-order valence-corrected chi connectivity index (χ4v) is 6.53. The summed E-state index contributed by atoms with van der Waals surface area (Å²) in [6.07, 6.45) is 5.61. The van der Waals surface area contributed by atoms with Gasteiger partial charge in [0.15, 0.2) is 10.8 Å². The number of carbonyl (C=O) groups excluding carboxylic acids is 2. The Balaban J connectivity index is 1.37. The van der Waals surface area contributed by atoms with Gasteiger partial charge in [0.05, 0.1) is 12.1 Å². The first kappa shape index (κ1) is 26.3. The molecule has 1 fully saturated rings. The Morgan fingerprint density at radius 1 is 1.37 bits per heavy atom. The summed E-state index contributed by atoms with van der Waals surface area (Å²) in [6.45, 7) is 0.316. The minimum atomic E-state index is -1.21. The van der Waals surface area contributed by atoms with E-state index in [-0.39, 0.29) is 39.1 Å². The molecule has 0 unspecified atom stereocenters. The third-order valence-corrected chi connectivity index (χ3v) is 8.41. The van der Waals surface area contributed by atoms with Crippen LogP contribution >= 0.6 is 46.3 Å². The van der Waals surface area contributed by atoms with Crippen molar-refractivity contribution in [3.63, 3.8) is 0 Å². The molecular formula is C22H20Cl2N7O5S2+. The summed E-state index contributed by atoms with van der Waals surface area (Å²) in [4.78, 5) is 48.8. The van der Waals surface area contributed by atoms with E-state index in [0.717, 1.165) is 17.0 Å². The van der Waals surface area contributed by atoms with Crippen molar-refractivity contribution in [2.24, 2.45) is 5.16 Å². The number of aromatic nitrogens is 3. The summed E-state index contributed by atoms with van der Waals surface area (Å²) in [7, 11) is 0. The van der Waals surface area contributed by atoms with Gasteiger partial charge in [-0.15, -0.1) is 23.4 Å². The topological polar surface area (TPSA) is 155 Å². The molecule has 0 saturated carbocycles. The number of nitrogen functional groups attached to an aromatic ring is 1. The van der Waals surface area contributed by atoms with E-state index in [1.165, 1.54) is 16.7 Å². The SMILES string of the molecule is Nc1nc(/C(=N/OCCCl)C(=O)N[C@@H]2C(=O)N3C(C(=O)O)=C(C[n+]4ccn5ccccc54)CS[C@H]23)c(Cl)s1. The molecule has 2 aliphatic heterocycles. The van der Waals surface area contributed by atoms with Gasteiger partial charge in [-0.1, -0.05) is 34.2 Å². The zero-order chi connectivity index (χ0) is 27.0. The highest BCUT2D eigenvalue weighted by Crippen LogP contribution is 2.40. The molecule has 0 aliphatic carbocycles. The molecule has 1 saturated heterocycles. The number of aliphatic carboxylic acids is 1. The van der Waals surface area contributed by atoms with E-state index in [1.54, 1.807) is 0 Å². The molecule has 5 rings (SSSR count). The molecule has 12 nitrogen and oxygen atoms in total. The van der Waals surface area contributed by atoms with Crippen LogP contribution < -0.4 is 15.6 Å². The van der Waals surface area contributed by atoms with E-state index in [9.17, 15) is 19.5 Å². The molecule has 0 spiro atoms. The Hall–Kier alpha value is -3.33. The van der Waals surface area contributed by atoms with Crippen LogP contribution in [0.15, 0.2) is 53.2 Å². The number of β-lactam (4-membered cyclic amide) rings is 1. The van der Waals surface area contributed by atoms with Gasteiger partial charge in [-0.05, 0) is 6.07 Å². The zero-order valence-electron chi connectivity index (χ0n) is 19.4. The van der Waals surface area contributed by atoms with Crippen molar-refractivity contribution >= 4 is 80.6 Å². The number of hydrogen-bond acceptors (Lipinski definition) is 9. The van der Waals surface area contributed by atoms with Crippen LogP contribution in [-0.4, -0.2) is 72.5 Å².